The first-order valence-corrected chi connectivity index (χ1v) is 13.5. The van der Waals surface area contributed by atoms with Crippen LogP contribution in [0, 0.1) is 11.3 Å². The molecule has 0 unspecified atom stereocenters. The highest BCUT2D eigenvalue weighted by molar-refractivity contribution is 8.04. The number of benzene rings is 3. The number of nitriles is 1. The van der Waals surface area contributed by atoms with Gasteiger partial charge >= 0.3 is 0 Å². The van der Waals surface area contributed by atoms with Gasteiger partial charge in [-0.25, -0.2) is 8.42 Å². The second kappa shape index (κ2) is 11.8. The van der Waals surface area contributed by atoms with E-state index in [1.54, 1.807) is 25.3 Å². The van der Waals surface area contributed by atoms with Crippen molar-refractivity contribution < 1.29 is 13.2 Å². The van der Waals surface area contributed by atoms with Crippen molar-refractivity contribution in [2.45, 2.75) is 37.3 Å². The molecule has 3 rings (SSSR count). The van der Waals surface area contributed by atoms with Crippen LogP contribution in [0.3, 0.4) is 0 Å². The summed E-state index contributed by atoms with van der Waals surface area (Å²) in [5.41, 5.74) is 3.94. The van der Waals surface area contributed by atoms with Gasteiger partial charge in [0.2, 0.25) is 9.84 Å². The van der Waals surface area contributed by atoms with Crippen LogP contribution in [-0.4, -0.2) is 15.5 Å². The molecule has 3 aromatic rings. The largest absolute Gasteiger partial charge is 0.497 e. The van der Waals surface area contributed by atoms with Gasteiger partial charge < -0.3 is 10.1 Å². The lowest BCUT2D eigenvalue weighted by Crippen LogP contribution is -2.12. The molecule has 0 saturated heterocycles. The molecule has 0 saturated carbocycles. The lowest BCUT2D eigenvalue weighted by atomic mass is 10.0. The van der Waals surface area contributed by atoms with Crippen LogP contribution in [0.4, 0.5) is 5.69 Å². The number of rotatable bonds is 10. The van der Waals surface area contributed by atoms with E-state index in [2.05, 4.69) is 19.2 Å². The van der Waals surface area contributed by atoms with E-state index in [0.29, 0.717) is 10.8 Å². The minimum Gasteiger partial charge on any atom is -0.497 e. The molecule has 0 aromatic heterocycles. The SMILES string of the molecule is CCc1cccc(CC)c1NC(SCc1cccc(OC)c1)=C(C#N)S(=O)(=O)c1ccccc1. The van der Waals surface area contributed by atoms with E-state index < -0.39 is 9.84 Å². The minimum atomic E-state index is -4.02. The van der Waals surface area contributed by atoms with Crippen LogP contribution in [0.2, 0.25) is 0 Å². The Balaban J connectivity index is 2.12. The standard InChI is InChI=1S/C27H28N2O3S2/c1-4-21-12-10-13-22(5-2)26(21)29-27(33-19-20-11-9-14-23(17-20)32-3)25(18-28)34(30,31)24-15-7-6-8-16-24/h6-17,29H,4-5,19H2,1-3H3. The van der Waals surface area contributed by atoms with E-state index in [1.807, 2.05) is 48.5 Å². The highest BCUT2D eigenvalue weighted by Gasteiger charge is 2.26. The molecular formula is C27H28N2O3S2. The third-order valence-corrected chi connectivity index (χ3v) is 8.31. The monoisotopic (exact) mass is 492 g/mol. The Morgan fingerprint density at radius 2 is 1.62 bits per heavy atom. The number of hydrogen-bond acceptors (Lipinski definition) is 6. The number of thioether (sulfide) groups is 1. The molecule has 0 heterocycles. The average Bonchev–Trinajstić information content (AvgIpc) is 2.88. The van der Waals surface area contributed by atoms with Gasteiger partial charge in [0.25, 0.3) is 0 Å². The smallest absolute Gasteiger partial charge is 0.219 e. The molecule has 3 aromatic carbocycles. The summed E-state index contributed by atoms with van der Waals surface area (Å²) in [7, 11) is -2.41. The van der Waals surface area contributed by atoms with Gasteiger partial charge in [0.15, 0.2) is 4.91 Å². The van der Waals surface area contributed by atoms with Crippen molar-refractivity contribution in [1.29, 1.82) is 5.26 Å². The van der Waals surface area contributed by atoms with Crippen LogP contribution in [-0.2, 0) is 28.4 Å². The number of allylic oxidation sites excluding steroid dienone is 1. The first kappa shape index (κ1) is 25.4. The summed E-state index contributed by atoms with van der Waals surface area (Å²) >= 11 is 1.29. The van der Waals surface area contributed by atoms with E-state index in [1.165, 1.54) is 23.9 Å². The van der Waals surface area contributed by atoms with Crippen molar-refractivity contribution in [2.24, 2.45) is 0 Å². The number of aryl methyl sites for hydroxylation is 2. The van der Waals surface area contributed by atoms with Crippen molar-refractivity contribution in [1.82, 2.24) is 0 Å². The molecule has 0 fully saturated rings. The molecule has 0 bridgehead atoms. The summed E-state index contributed by atoms with van der Waals surface area (Å²) in [6, 6.07) is 23.7. The van der Waals surface area contributed by atoms with Crippen molar-refractivity contribution >= 4 is 27.3 Å². The van der Waals surface area contributed by atoms with Gasteiger partial charge in [0.1, 0.15) is 16.8 Å². The van der Waals surface area contributed by atoms with E-state index in [0.717, 1.165) is 41.0 Å². The lowest BCUT2D eigenvalue weighted by Gasteiger charge is -2.19. The fraction of sp³-hybridized carbons (Fsp3) is 0.222. The second-order valence-electron chi connectivity index (χ2n) is 7.51. The maximum atomic E-state index is 13.5. The third-order valence-electron chi connectivity index (χ3n) is 5.38. The quantitative estimate of drug-likeness (QED) is 0.333. The highest BCUT2D eigenvalue weighted by atomic mass is 32.2. The van der Waals surface area contributed by atoms with Crippen molar-refractivity contribution in [3.8, 4) is 11.8 Å². The normalized spacial score (nSPS) is 11.9. The molecule has 7 heteroatoms. The van der Waals surface area contributed by atoms with Crippen LogP contribution in [0.15, 0.2) is 87.6 Å². The number of sulfone groups is 1. The number of anilines is 1. The van der Waals surface area contributed by atoms with Crippen LogP contribution in [0.5, 0.6) is 5.75 Å². The second-order valence-corrected chi connectivity index (χ2v) is 10.4. The molecule has 34 heavy (non-hydrogen) atoms. The molecule has 0 radical (unpaired) electrons. The molecule has 0 aliphatic rings. The third kappa shape index (κ3) is 5.82. The Bertz CT molecular complexity index is 1290. The number of hydrogen-bond donors (Lipinski definition) is 1. The number of para-hydroxylation sites is 1. The molecule has 0 amide bonds. The minimum absolute atomic E-state index is 0.0901. The lowest BCUT2D eigenvalue weighted by molar-refractivity contribution is 0.414. The fourth-order valence-electron chi connectivity index (χ4n) is 3.54. The molecule has 5 nitrogen and oxygen atoms in total. The predicted molar refractivity (Wildman–Crippen MR) is 139 cm³/mol. The van der Waals surface area contributed by atoms with Gasteiger partial charge in [-0.3, -0.25) is 0 Å². The maximum absolute atomic E-state index is 13.5. The highest BCUT2D eigenvalue weighted by Crippen LogP contribution is 2.34. The van der Waals surface area contributed by atoms with Crippen LogP contribution in [0.25, 0.3) is 0 Å². The van der Waals surface area contributed by atoms with Crippen molar-refractivity contribution in [3.63, 3.8) is 0 Å². The summed E-state index contributed by atoms with van der Waals surface area (Å²) in [5.74, 6) is 1.18. The predicted octanol–water partition coefficient (Wildman–Crippen LogP) is 6.33. The zero-order valence-corrected chi connectivity index (χ0v) is 21.2. The van der Waals surface area contributed by atoms with Gasteiger partial charge in [0.05, 0.1) is 12.0 Å². The Labute approximate surface area is 206 Å². The molecule has 0 aliphatic heterocycles. The average molecular weight is 493 g/mol. The van der Waals surface area contributed by atoms with Crippen molar-refractivity contribution in [2.75, 3.05) is 12.4 Å². The number of nitrogens with one attached hydrogen (secondary N) is 1. The molecule has 0 spiro atoms. The molecule has 1 N–H and O–H groups in total. The van der Waals surface area contributed by atoms with Gasteiger partial charge in [-0.2, -0.15) is 5.26 Å². The van der Waals surface area contributed by atoms with Crippen molar-refractivity contribution in [3.05, 3.63) is 99.4 Å². The molecule has 0 aliphatic carbocycles. The van der Waals surface area contributed by atoms with E-state index >= 15 is 0 Å². The van der Waals surface area contributed by atoms with Gasteiger partial charge in [-0.15, -0.1) is 11.8 Å². The molecule has 176 valence electrons. The summed E-state index contributed by atoms with van der Waals surface area (Å²) < 4.78 is 32.2. The number of methoxy groups -OCH3 is 1. The summed E-state index contributed by atoms with van der Waals surface area (Å²) in [6.45, 7) is 4.11. The zero-order chi connectivity index (χ0) is 24.6. The Hall–Kier alpha value is -3.21. The first-order chi connectivity index (χ1) is 16.4. The Kier molecular flexibility index (Phi) is 8.80. The zero-order valence-electron chi connectivity index (χ0n) is 19.5. The Morgan fingerprint density at radius 3 is 2.21 bits per heavy atom. The van der Waals surface area contributed by atoms with E-state index in [-0.39, 0.29) is 9.80 Å². The first-order valence-electron chi connectivity index (χ1n) is 11.0. The molecule has 0 atom stereocenters. The maximum Gasteiger partial charge on any atom is 0.219 e. The van der Waals surface area contributed by atoms with Crippen LogP contribution < -0.4 is 10.1 Å². The topological polar surface area (TPSA) is 79.2 Å². The van der Waals surface area contributed by atoms with Gasteiger partial charge in [-0.1, -0.05) is 62.4 Å². The fourth-order valence-corrected chi connectivity index (χ4v) is 6.06. The summed E-state index contributed by atoms with van der Waals surface area (Å²) in [5, 5.41) is 13.7. The van der Waals surface area contributed by atoms with Crippen LogP contribution >= 0.6 is 11.8 Å². The summed E-state index contributed by atoms with van der Waals surface area (Å²) in [6.07, 6.45) is 1.55. The molecular weight excluding hydrogens is 464 g/mol. The number of ether oxygens (including phenoxy) is 1. The van der Waals surface area contributed by atoms with Gasteiger partial charge in [0, 0.05) is 11.4 Å². The number of nitrogens with zero attached hydrogens (tertiary/aromatic N) is 1. The van der Waals surface area contributed by atoms with Gasteiger partial charge in [-0.05, 0) is 53.8 Å². The Morgan fingerprint density at radius 1 is 0.971 bits per heavy atom. The van der Waals surface area contributed by atoms with E-state index in [9.17, 15) is 13.7 Å². The van der Waals surface area contributed by atoms with E-state index in [4.69, 9.17) is 4.74 Å². The van der Waals surface area contributed by atoms with Crippen LogP contribution in [0.1, 0.15) is 30.5 Å². The summed E-state index contributed by atoms with van der Waals surface area (Å²) in [4.78, 5) is -0.202.